The van der Waals surface area contributed by atoms with Crippen molar-refractivity contribution in [2.75, 3.05) is 13.1 Å². The number of nitrogens with zero attached hydrogens (tertiary/aromatic N) is 1. The van der Waals surface area contributed by atoms with Crippen molar-refractivity contribution in [2.45, 2.75) is 26.0 Å². The van der Waals surface area contributed by atoms with Gasteiger partial charge >= 0.3 is 5.63 Å². The first kappa shape index (κ1) is 14.8. The SMILES string of the molecule is CC1CN(Cc2cc(=O)oc3cc(Br)ccc23)CCC1O. The minimum atomic E-state index is -0.319. The first-order valence-corrected chi connectivity index (χ1v) is 7.95. The van der Waals surface area contributed by atoms with Crippen molar-refractivity contribution in [3.8, 4) is 0 Å². The van der Waals surface area contributed by atoms with Crippen molar-refractivity contribution < 1.29 is 9.52 Å². The molecule has 2 heterocycles. The fourth-order valence-corrected chi connectivity index (χ4v) is 3.28. The van der Waals surface area contributed by atoms with Crippen LogP contribution in [-0.4, -0.2) is 29.2 Å². The van der Waals surface area contributed by atoms with Gasteiger partial charge in [0.05, 0.1) is 6.10 Å². The summed E-state index contributed by atoms with van der Waals surface area (Å²) in [5, 5.41) is 10.8. The van der Waals surface area contributed by atoms with Gasteiger partial charge in [-0.1, -0.05) is 22.9 Å². The molecule has 0 saturated carbocycles. The summed E-state index contributed by atoms with van der Waals surface area (Å²) in [4.78, 5) is 14.0. The van der Waals surface area contributed by atoms with E-state index >= 15 is 0 Å². The van der Waals surface area contributed by atoms with Crippen LogP contribution in [0.1, 0.15) is 18.9 Å². The Balaban J connectivity index is 1.92. The third-order valence-corrected chi connectivity index (χ3v) is 4.62. The molecule has 0 amide bonds. The molecular weight excluding hydrogens is 334 g/mol. The molecule has 112 valence electrons. The maximum Gasteiger partial charge on any atom is 0.336 e. The summed E-state index contributed by atoms with van der Waals surface area (Å²) in [5.74, 6) is 0.263. The van der Waals surface area contributed by atoms with Crippen molar-refractivity contribution in [2.24, 2.45) is 5.92 Å². The summed E-state index contributed by atoms with van der Waals surface area (Å²) >= 11 is 3.39. The van der Waals surface area contributed by atoms with Crippen LogP contribution in [-0.2, 0) is 6.54 Å². The van der Waals surface area contributed by atoms with Crippen LogP contribution >= 0.6 is 15.9 Å². The molecule has 0 bridgehead atoms. The molecule has 2 aromatic rings. The van der Waals surface area contributed by atoms with Gasteiger partial charge in [-0.05, 0) is 36.1 Å². The molecule has 1 aliphatic heterocycles. The number of hydrogen-bond donors (Lipinski definition) is 1. The zero-order valence-electron chi connectivity index (χ0n) is 11.9. The Morgan fingerprint density at radius 1 is 1.43 bits per heavy atom. The van der Waals surface area contributed by atoms with Crippen molar-refractivity contribution in [3.63, 3.8) is 0 Å². The summed E-state index contributed by atoms with van der Waals surface area (Å²) < 4.78 is 6.16. The molecule has 1 saturated heterocycles. The van der Waals surface area contributed by atoms with Gasteiger partial charge < -0.3 is 9.52 Å². The highest BCUT2D eigenvalue weighted by molar-refractivity contribution is 9.10. The van der Waals surface area contributed by atoms with Crippen molar-refractivity contribution in [1.29, 1.82) is 0 Å². The van der Waals surface area contributed by atoms with Crippen LogP contribution in [0, 0.1) is 5.92 Å². The Hall–Kier alpha value is -1.17. The number of likely N-dealkylation sites (tertiary alicyclic amines) is 1. The number of fused-ring (bicyclic) bond motifs is 1. The predicted molar refractivity (Wildman–Crippen MR) is 85.2 cm³/mol. The van der Waals surface area contributed by atoms with Gasteiger partial charge in [0.25, 0.3) is 0 Å². The third-order valence-electron chi connectivity index (χ3n) is 4.13. The molecule has 2 unspecified atom stereocenters. The van der Waals surface area contributed by atoms with Crippen LogP contribution in [0.3, 0.4) is 0 Å². The first-order valence-electron chi connectivity index (χ1n) is 7.15. The zero-order chi connectivity index (χ0) is 15.0. The van der Waals surface area contributed by atoms with E-state index in [4.69, 9.17) is 4.42 Å². The highest BCUT2D eigenvalue weighted by atomic mass is 79.9. The molecule has 0 radical (unpaired) electrons. The normalized spacial score (nSPS) is 23.6. The number of hydrogen-bond acceptors (Lipinski definition) is 4. The maximum atomic E-state index is 11.7. The van der Waals surface area contributed by atoms with E-state index in [-0.39, 0.29) is 17.6 Å². The molecule has 1 aromatic carbocycles. The average molecular weight is 352 g/mol. The van der Waals surface area contributed by atoms with Crippen molar-refractivity contribution in [3.05, 3.63) is 44.7 Å². The van der Waals surface area contributed by atoms with Crippen LogP contribution in [0.4, 0.5) is 0 Å². The summed E-state index contributed by atoms with van der Waals surface area (Å²) in [6.45, 7) is 4.47. The lowest BCUT2D eigenvalue weighted by Gasteiger charge is -2.34. The maximum absolute atomic E-state index is 11.7. The molecule has 1 aliphatic rings. The second-order valence-corrected chi connectivity index (χ2v) is 6.72. The second kappa shape index (κ2) is 5.91. The number of aliphatic hydroxyl groups excluding tert-OH is 1. The summed E-state index contributed by atoms with van der Waals surface area (Å²) in [7, 11) is 0. The van der Waals surface area contributed by atoms with Crippen LogP contribution in [0.25, 0.3) is 11.0 Å². The number of piperidine rings is 1. The Kier molecular flexibility index (Phi) is 4.15. The van der Waals surface area contributed by atoms with Gasteiger partial charge in [-0.3, -0.25) is 4.90 Å². The van der Waals surface area contributed by atoms with E-state index in [9.17, 15) is 9.90 Å². The van der Waals surface area contributed by atoms with Gasteiger partial charge in [-0.2, -0.15) is 0 Å². The van der Waals surface area contributed by atoms with Crippen LogP contribution in [0.5, 0.6) is 0 Å². The van der Waals surface area contributed by atoms with E-state index in [2.05, 4.69) is 27.8 Å². The molecule has 0 spiro atoms. The van der Waals surface area contributed by atoms with Gasteiger partial charge in [0.2, 0.25) is 0 Å². The van der Waals surface area contributed by atoms with Crippen LogP contribution < -0.4 is 5.63 Å². The van der Waals surface area contributed by atoms with E-state index < -0.39 is 0 Å². The summed E-state index contributed by atoms with van der Waals surface area (Å²) in [5.41, 5.74) is 1.27. The molecule has 1 N–H and O–H groups in total. The lowest BCUT2D eigenvalue weighted by molar-refractivity contribution is 0.0321. The second-order valence-electron chi connectivity index (χ2n) is 5.80. The third kappa shape index (κ3) is 3.20. The lowest BCUT2D eigenvalue weighted by atomic mass is 9.96. The van der Waals surface area contributed by atoms with Crippen LogP contribution in [0.2, 0.25) is 0 Å². The number of benzene rings is 1. The van der Waals surface area contributed by atoms with Crippen molar-refractivity contribution >= 4 is 26.9 Å². The first-order chi connectivity index (χ1) is 10.0. The highest BCUT2D eigenvalue weighted by Crippen LogP contribution is 2.24. The molecule has 1 aromatic heterocycles. The van der Waals surface area contributed by atoms with E-state index in [1.807, 2.05) is 18.2 Å². The number of halogens is 1. The van der Waals surface area contributed by atoms with Gasteiger partial charge in [0, 0.05) is 35.6 Å². The molecule has 21 heavy (non-hydrogen) atoms. The smallest absolute Gasteiger partial charge is 0.336 e. The van der Waals surface area contributed by atoms with Gasteiger partial charge in [-0.15, -0.1) is 0 Å². The number of aliphatic hydroxyl groups is 1. The zero-order valence-corrected chi connectivity index (χ0v) is 13.5. The predicted octanol–water partition coefficient (Wildman–Crippen LogP) is 2.76. The molecule has 4 nitrogen and oxygen atoms in total. The summed E-state index contributed by atoms with van der Waals surface area (Å²) in [6.07, 6.45) is 0.571. The molecule has 5 heteroatoms. The highest BCUT2D eigenvalue weighted by Gasteiger charge is 2.24. The molecular formula is C16H18BrNO3. The fraction of sp³-hybridized carbons (Fsp3) is 0.438. The molecule has 0 aliphatic carbocycles. The monoisotopic (exact) mass is 351 g/mol. The topological polar surface area (TPSA) is 53.7 Å². The minimum Gasteiger partial charge on any atom is -0.423 e. The Labute approximate surface area is 131 Å². The molecule has 3 rings (SSSR count). The van der Waals surface area contributed by atoms with Gasteiger partial charge in [-0.25, -0.2) is 4.79 Å². The summed E-state index contributed by atoms with van der Waals surface area (Å²) in [6, 6.07) is 7.32. The van der Waals surface area contributed by atoms with Gasteiger partial charge in [0.1, 0.15) is 5.58 Å². The van der Waals surface area contributed by atoms with E-state index in [0.717, 1.165) is 34.9 Å². The Morgan fingerprint density at radius 3 is 3.00 bits per heavy atom. The standard InChI is InChI=1S/C16H18BrNO3/c1-10-8-18(5-4-14(10)19)9-11-6-16(20)21-15-7-12(17)2-3-13(11)15/h2-3,6-7,10,14,19H,4-5,8-9H2,1H3. The molecule has 1 fully saturated rings. The quantitative estimate of drug-likeness (QED) is 0.845. The Bertz CT molecular complexity index is 712. The van der Waals surface area contributed by atoms with E-state index in [1.54, 1.807) is 6.07 Å². The van der Waals surface area contributed by atoms with Crippen molar-refractivity contribution in [1.82, 2.24) is 4.90 Å². The number of rotatable bonds is 2. The minimum absolute atomic E-state index is 0.213. The fourth-order valence-electron chi connectivity index (χ4n) is 2.94. The van der Waals surface area contributed by atoms with Crippen LogP contribution in [0.15, 0.2) is 37.9 Å². The largest absolute Gasteiger partial charge is 0.423 e. The molecule has 2 atom stereocenters. The van der Waals surface area contributed by atoms with Gasteiger partial charge in [0.15, 0.2) is 0 Å². The van der Waals surface area contributed by atoms with E-state index in [1.165, 1.54) is 0 Å². The lowest BCUT2D eigenvalue weighted by Crippen LogP contribution is -2.41. The average Bonchev–Trinajstić information content (AvgIpc) is 2.42. The van der Waals surface area contributed by atoms with E-state index in [0.29, 0.717) is 12.1 Å². The Morgan fingerprint density at radius 2 is 2.24 bits per heavy atom.